The van der Waals surface area contributed by atoms with Gasteiger partial charge in [0.15, 0.2) is 5.82 Å². The van der Waals surface area contributed by atoms with Gasteiger partial charge in [0.25, 0.3) is 0 Å². The molecule has 0 aromatic heterocycles. The number of benzene rings is 1. The van der Waals surface area contributed by atoms with E-state index in [-0.39, 0.29) is 5.69 Å². The van der Waals surface area contributed by atoms with Gasteiger partial charge < -0.3 is 11.1 Å². The predicted octanol–water partition coefficient (Wildman–Crippen LogP) is 2.37. The predicted molar refractivity (Wildman–Crippen MR) is 52.0 cm³/mol. The summed E-state index contributed by atoms with van der Waals surface area (Å²) >= 11 is 0. The number of anilines is 2. The average molecular weight is 198 g/mol. The summed E-state index contributed by atoms with van der Waals surface area (Å²) < 4.78 is 25.8. The van der Waals surface area contributed by atoms with Gasteiger partial charge in [-0.25, -0.2) is 8.78 Å². The minimum absolute atomic E-state index is 0.00736. The normalized spacial score (nSPS) is 15.6. The Morgan fingerprint density at radius 3 is 2.71 bits per heavy atom. The van der Waals surface area contributed by atoms with E-state index in [1.165, 1.54) is 18.9 Å². The summed E-state index contributed by atoms with van der Waals surface area (Å²) in [5.41, 5.74) is 5.80. The minimum atomic E-state index is -0.705. The van der Waals surface area contributed by atoms with E-state index in [4.69, 9.17) is 5.73 Å². The molecule has 3 N–H and O–H groups in total. The lowest BCUT2D eigenvalue weighted by atomic mass is 10.2. The van der Waals surface area contributed by atoms with E-state index in [9.17, 15) is 8.78 Å². The second-order valence-corrected chi connectivity index (χ2v) is 3.67. The summed E-state index contributed by atoms with van der Waals surface area (Å²) in [5.74, 6) is -0.668. The lowest BCUT2D eigenvalue weighted by molar-refractivity contribution is 0.587. The van der Waals surface area contributed by atoms with E-state index in [1.807, 2.05) is 0 Å². The molecule has 1 aromatic rings. The van der Waals surface area contributed by atoms with Gasteiger partial charge in [-0.05, 0) is 24.8 Å². The smallest absolute Gasteiger partial charge is 0.151 e. The number of hydrogen-bond acceptors (Lipinski definition) is 2. The van der Waals surface area contributed by atoms with Crippen LogP contribution in [0.5, 0.6) is 0 Å². The van der Waals surface area contributed by atoms with Crippen LogP contribution in [0.3, 0.4) is 0 Å². The molecule has 1 fully saturated rings. The lowest BCUT2D eigenvalue weighted by Gasteiger charge is -2.09. The quantitative estimate of drug-likeness (QED) is 0.732. The third-order valence-corrected chi connectivity index (χ3v) is 2.37. The van der Waals surface area contributed by atoms with Crippen LogP contribution in [0.2, 0.25) is 0 Å². The number of nitrogens with one attached hydrogen (secondary N) is 1. The van der Waals surface area contributed by atoms with E-state index in [2.05, 4.69) is 5.32 Å². The van der Waals surface area contributed by atoms with Gasteiger partial charge in [-0.2, -0.15) is 0 Å². The molecule has 1 aliphatic carbocycles. The summed E-state index contributed by atoms with van der Waals surface area (Å²) in [6.45, 7) is 0.743. The van der Waals surface area contributed by atoms with E-state index < -0.39 is 11.6 Å². The van der Waals surface area contributed by atoms with Crippen molar-refractivity contribution in [1.29, 1.82) is 0 Å². The highest BCUT2D eigenvalue weighted by Gasteiger charge is 2.21. The van der Waals surface area contributed by atoms with Crippen LogP contribution < -0.4 is 11.1 Å². The molecule has 2 rings (SSSR count). The Kier molecular flexibility index (Phi) is 2.27. The van der Waals surface area contributed by atoms with Crippen LogP contribution in [0, 0.1) is 17.6 Å². The van der Waals surface area contributed by atoms with Crippen LogP contribution in [0.4, 0.5) is 20.2 Å². The van der Waals surface area contributed by atoms with Crippen molar-refractivity contribution in [2.45, 2.75) is 12.8 Å². The van der Waals surface area contributed by atoms with Crippen molar-refractivity contribution >= 4 is 11.4 Å². The molecule has 0 atom stereocenters. The molecule has 0 saturated heterocycles. The Hall–Kier alpha value is -1.32. The zero-order valence-corrected chi connectivity index (χ0v) is 7.69. The number of rotatable bonds is 3. The fraction of sp³-hybridized carbons (Fsp3) is 0.400. The van der Waals surface area contributed by atoms with Gasteiger partial charge in [0.1, 0.15) is 5.82 Å². The van der Waals surface area contributed by atoms with Gasteiger partial charge in [-0.3, -0.25) is 0 Å². The Morgan fingerprint density at radius 1 is 1.36 bits per heavy atom. The Balaban J connectivity index is 2.13. The fourth-order valence-electron chi connectivity index (χ4n) is 1.31. The van der Waals surface area contributed by atoms with Crippen LogP contribution in [-0.2, 0) is 0 Å². The molecule has 76 valence electrons. The third kappa shape index (κ3) is 1.95. The molecule has 0 aliphatic heterocycles. The summed E-state index contributed by atoms with van der Waals surface area (Å²) in [5, 5.41) is 2.95. The molecule has 14 heavy (non-hydrogen) atoms. The molecule has 2 nitrogen and oxygen atoms in total. The van der Waals surface area contributed by atoms with E-state index in [0.717, 1.165) is 12.6 Å². The summed E-state index contributed by atoms with van der Waals surface area (Å²) in [7, 11) is 0. The number of halogens is 2. The Morgan fingerprint density at radius 2 is 2.07 bits per heavy atom. The highest BCUT2D eigenvalue weighted by molar-refractivity contribution is 5.66. The first-order chi connectivity index (χ1) is 6.66. The zero-order chi connectivity index (χ0) is 10.1. The SMILES string of the molecule is Nc1c(F)cc(F)cc1NCC1CC1. The average Bonchev–Trinajstić information content (AvgIpc) is 2.92. The van der Waals surface area contributed by atoms with Gasteiger partial charge in [0.05, 0.1) is 11.4 Å². The van der Waals surface area contributed by atoms with Crippen molar-refractivity contribution in [3.05, 3.63) is 23.8 Å². The second kappa shape index (κ2) is 3.44. The van der Waals surface area contributed by atoms with Gasteiger partial charge in [-0.1, -0.05) is 0 Å². The first-order valence-corrected chi connectivity index (χ1v) is 4.65. The van der Waals surface area contributed by atoms with Crippen LogP contribution >= 0.6 is 0 Å². The molecule has 0 spiro atoms. The van der Waals surface area contributed by atoms with Crippen molar-refractivity contribution < 1.29 is 8.78 Å². The molecule has 0 radical (unpaired) electrons. The number of nitrogens with two attached hydrogens (primary N) is 1. The molecule has 0 bridgehead atoms. The Bertz CT molecular complexity index is 348. The first-order valence-electron chi connectivity index (χ1n) is 4.65. The van der Waals surface area contributed by atoms with Crippen molar-refractivity contribution in [2.75, 3.05) is 17.6 Å². The maximum Gasteiger partial charge on any atom is 0.151 e. The standard InChI is InChI=1S/C10H12F2N2/c11-7-3-8(12)10(13)9(4-7)14-5-6-1-2-6/h3-4,6,14H,1-2,5,13H2. The van der Waals surface area contributed by atoms with Gasteiger partial charge in [-0.15, -0.1) is 0 Å². The zero-order valence-electron chi connectivity index (χ0n) is 7.69. The fourth-order valence-corrected chi connectivity index (χ4v) is 1.31. The van der Waals surface area contributed by atoms with Crippen molar-refractivity contribution in [1.82, 2.24) is 0 Å². The van der Waals surface area contributed by atoms with Gasteiger partial charge in [0, 0.05) is 12.6 Å². The maximum atomic E-state index is 13.0. The molecule has 1 aliphatic rings. The van der Waals surface area contributed by atoms with Crippen LogP contribution in [0.15, 0.2) is 12.1 Å². The highest BCUT2D eigenvalue weighted by atomic mass is 19.1. The van der Waals surface area contributed by atoms with Crippen LogP contribution in [-0.4, -0.2) is 6.54 Å². The summed E-state index contributed by atoms with van der Waals surface area (Å²) in [6, 6.07) is 2.01. The molecule has 4 heteroatoms. The number of nitrogen functional groups attached to an aromatic ring is 1. The minimum Gasteiger partial charge on any atom is -0.395 e. The van der Waals surface area contributed by atoms with E-state index >= 15 is 0 Å². The van der Waals surface area contributed by atoms with Crippen LogP contribution in [0.25, 0.3) is 0 Å². The lowest BCUT2D eigenvalue weighted by Crippen LogP contribution is -2.07. The Labute approximate surface area is 81.1 Å². The topological polar surface area (TPSA) is 38.0 Å². The highest BCUT2D eigenvalue weighted by Crippen LogP contribution is 2.30. The maximum absolute atomic E-state index is 13.0. The monoisotopic (exact) mass is 198 g/mol. The second-order valence-electron chi connectivity index (χ2n) is 3.67. The summed E-state index contributed by atoms with van der Waals surface area (Å²) in [6.07, 6.45) is 2.37. The molecular weight excluding hydrogens is 186 g/mol. The summed E-state index contributed by atoms with van der Waals surface area (Å²) in [4.78, 5) is 0. The van der Waals surface area contributed by atoms with Crippen molar-refractivity contribution in [3.63, 3.8) is 0 Å². The molecule has 0 unspecified atom stereocenters. The molecular formula is C10H12F2N2. The van der Waals surface area contributed by atoms with Crippen molar-refractivity contribution in [2.24, 2.45) is 5.92 Å². The third-order valence-electron chi connectivity index (χ3n) is 2.37. The first kappa shape index (κ1) is 9.24. The van der Waals surface area contributed by atoms with E-state index in [0.29, 0.717) is 11.6 Å². The number of hydrogen-bond donors (Lipinski definition) is 2. The largest absolute Gasteiger partial charge is 0.395 e. The molecule has 0 amide bonds. The molecule has 0 heterocycles. The van der Waals surface area contributed by atoms with Gasteiger partial charge >= 0.3 is 0 Å². The van der Waals surface area contributed by atoms with Crippen LogP contribution in [0.1, 0.15) is 12.8 Å². The van der Waals surface area contributed by atoms with Gasteiger partial charge in [0.2, 0.25) is 0 Å². The van der Waals surface area contributed by atoms with E-state index in [1.54, 1.807) is 0 Å². The van der Waals surface area contributed by atoms with Crippen molar-refractivity contribution in [3.8, 4) is 0 Å². The molecule has 1 aromatic carbocycles. The molecule has 1 saturated carbocycles.